The van der Waals surface area contributed by atoms with E-state index >= 15 is 0 Å². The molecule has 0 aliphatic carbocycles. The normalized spacial score (nSPS) is 10.6. The molecule has 0 saturated heterocycles. The molecule has 5 nitrogen and oxygen atoms in total. The number of hydrogen-bond donors (Lipinski definition) is 1. The molecular formula is C12H17NO4Si. The van der Waals surface area contributed by atoms with Crippen molar-refractivity contribution in [1.82, 2.24) is 0 Å². The summed E-state index contributed by atoms with van der Waals surface area (Å²) >= 11 is 0. The zero-order chi connectivity index (χ0) is 13.6. The minimum atomic E-state index is -2.87. The molecular weight excluding hydrogens is 250 g/mol. The highest BCUT2D eigenvalue weighted by Crippen LogP contribution is 2.11. The van der Waals surface area contributed by atoms with Crippen LogP contribution >= 0.6 is 0 Å². The summed E-state index contributed by atoms with van der Waals surface area (Å²) < 4.78 is 10.3. The lowest BCUT2D eigenvalue weighted by Gasteiger charge is -2.25. The molecule has 1 N–H and O–H groups in total. The smallest absolute Gasteiger partial charge is 0.480 e. The van der Waals surface area contributed by atoms with Crippen LogP contribution in [0.25, 0.3) is 0 Å². The Labute approximate surface area is 107 Å². The average Bonchev–Trinajstić information content (AvgIpc) is 2.26. The quantitative estimate of drug-likeness (QED) is 0.825. The van der Waals surface area contributed by atoms with Crippen LogP contribution in [0, 0.1) is 0 Å². The van der Waals surface area contributed by atoms with Gasteiger partial charge in [0.05, 0.1) is 6.17 Å². The standard InChI is InChI=1S/C12H17NO4Si/c1-10(14)16-18(3,17-11(2)15)9-13-12-7-5-4-6-8-12/h4-8,13H,9H2,1-3H3. The number of hydrogen-bond acceptors (Lipinski definition) is 5. The van der Waals surface area contributed by atoms with Crippen molar-refractivity contribution < 1.29 is 18.4 Å². The van der Waals surface area contributed by atoms with Crippen molar-refractivity contribution in [2.75, 3.05) is 11.5 Å². The van der Waals surface area contributed by atoms with Crippen molar-refractivity contribution in [1.29, 1.82) is 0 Å². The van der Waals surface area contributed by atoms with Gasteiger partial charge in [-0.3, -0.25) is 9.59 Å². The summed E-state index contributed by atoms with van der Waals surface area (Å²) in [4.78, 5) is 22.1. The average molecular weight is 267 g/mol. The summed E-state index contributed by atoms with van der Waals surface area (Å²) in [6.45, 7) is 4.28. The van der Waals surface area contributed by atoms with Crippen LogP contribution in [-0.2, 0) is 18.4 Å². The lowest BCUT2D eigenvalue weighted by Crippen LogP contribution is -2.48. The SMILES string of the molecule is CC(=O)O[Si](C)(CNc1ccccc1)OC(C)=O. The third kappa shape index (κ3) is 5.01. The van der Waals surface area contributed by atoms with Crippen LogP contribution in [0.2, 0.25) is 6.55 Å². The lowest BCUT2D eigenvalue weighted by atomic mass is 10.3. The number of carbonyl (C=O) groups is 2. The summed E-state index contributed by atoms with van der Waals surface area (Å²) in [5.41, 5.74) is 0.885. The number of nitrogens with one attached hydrogen (secondary N) is 1. The van der Waals surface area contributed by atoms with Gasteiger partial charge in [-0.15, -0.1) is 0 Å². The highest BCUT2D eigenvalue weighted by molar-refractivity contribution is 6.69. The fraction of sp³-hybridized carbons (Fsp3) is 0.333. The molecule has 0 radical (unpaired) electrons. The molecule has 0 aliphatic rings. The van der Waals surface area contributed by atoms with E-state index in [0.29, 0.717) is 6.17 Å². The summed E-state index contributed by atoms with van der Waals surface area (Å²) in [5.74, 6) is -0.888. The topological polar surface area (TPSA) is 64.6 Å². The molecule has 0 aromatic heterocycles. The maximum atomic E-state index is 11.0. The van der Waals surface area contributed by atoms with Gasteiger partial charge in [0, 0.05) is 26.1 Å². The Balaban J connectivity index is 2.66. The van der Waals surface area contributed by atoms with E-state index in [0.717, 1.165) is 5.69 Å². The fourth-order valence-electron chi connectivity index (χ4n) is 1.52. The second-order valence-corrected chi connectivity index (χ2v) is 7.07. The molecule has 0 atom stereocenters. The van der Waals surface area contributed by atoms with Crippen molar-refractivity contribution in [2.24, 2.45) is 0 Å². The van der Waals surface area contributed by atoms with E-state index < -0.39 is 20.5 Å². The summed E-state index contributed by atoms with van der Waals surface area (Å²) in [6, 6.07) is 9.45. The number of benzene rings is 1. The molecule has 0 aliphatic heterocycles. The monoisotopic (exact) mass is 267 g/mol. The molecule has 1 rings (SSSR count). The maximum absolute atomic E-state index is 11.0. The second-order valence-electron chi connectivity index (χ2n) is 4.04. The first-order valence-electron chi connectivity index (χ1n) is 5.59. The first kappa shape index (κ1) is 14.2. The molecule has 1 aromatic rings. The number of rotatable bonds is 5. The van der Waals surface area contributed by atoms with E-state index in [4.69, 9.17) is 8.85 Å². The van der Waals surface area contributed by atoms with E-state index in [1.165, 1.54) is 13.8 Å². The van der Waals surface area contributed by atoms with Gasteiger partial charge in [0.25, 0.3) is 11.9 Å². The largest absolute Gasteiger partial charge is 0.484 e. The summed E-state index contributed by atoms with van der Waals surface area (Å²) in [5, 5.41) is 3.10. The van der Waals surface area contributed by atoms with Crippen LogP contribution in [0.3, 0.4) is 0 Å². The highest BCUT2D eigenvalue weighted by atomic mass is 28.4. The van der Waals surface area contributed by atoms with Gasteiger partial charge in [0.2, 0.25) is 0 Å². The van der Waals surface area contributed by atoms with Crippen molar-refractivity contribution in [3.05, 3.63) is 30.3 Å². The van der Waals surface area contributed by atoms with Crippen LogP contribution in [0.4, 0.5) is 5.69 Å². The maximum Gasteiger partial charge on any atom is 0.480 e. The number of anilines is 1. The Bertz CT molecular complexity index is 405. The van der Waals surface area contributed by atoms with Gasteiger partial charge in [0.15, 0.2) is 0 Å². The van der Waals surface area contributed by atoms with Crippen molar-refractivity contribution >= 4 is 26.2 Å². The highest BCUT2D eigenvalue weighted by Gasteiger charge is 2.38. The van der Waals surface area contributed by atoms with E-state index in [-0.39, 0.29) is 0 Å². The van der Waals surface area contributed by atoms with E-state index in [9.17, 15) is 9.59 Å². The molecule has 0 amide bonds. The second kappa shape index (κ2) is 6.20. The van der Waals surface area contributed by atoms with Crippen LogP contribution < -0.4 is 5.32 Å². The van der Waals surface area contributed by atoms with Crippen LogP contribution in [-0.4, -0.2) is 26.7 Å². The Hall–Kier alpha value is -1.82. The van der Waals surface area contributed by atoms with Crippen LogP contribution in [0.15, 0.2) is 30.3 Å². The molecule has 98 valence electrons. The molecule has 0 spiro atoms. The third-order valence-electron chi connectivity index (χ3n) is 2.11. The van der Waals surface area contributed by atoms with Gasteiger partial charge in [-0.1, -0.05) is 18.2 Å². The van der Waals surface area contributed by atoms with Gasteiger partial charge in [-0.2, -0.15) is 0 Å². The van der Waals surface area contributed by atoms with E-state index in [1.807, 2.05) is 30.3 Å². The molecule has 0 bridgehead atoms. The Morgan fingerprint density at radius 3 is 2.06 bits per heavy atom. The predicted molar refractivity (Wildman–Crippen MR) is 70.1 cm³/mol. The fourth-order valence-corrected chi connectivity index (χ4v) is 3.45. The molecule has 0 fully saturated rings. The van der Waals surface area contributed by atoms with Crippen molar-refractivity contribution in [2.45, 2.75) is 20.4 Å². The lowest BCUT2D eigenvalue weighted by molar-refractivity contribution is -0.138. The Morgan fingerprint density at radius 1 is 1.11 bits per heavy atom. The van der Waals surface area contributed by atoms with Gasteiger partial charge in [-0.05, 0) is 12.1 Å². The Kier molecular flexibility index (Phi) is 4.91. The number of para-hydroxylation sites is 1. The molecule has 0 unspecified atom stereocenters. The van der Waals surface area contributed by atoms with Gasteiger partial charge >= 0.3 is 8.56 Å². The van der Waals surface area contributed by atoms with Gasteiger partial charge in [-0.25, -0.2) is 0 Å². The predicted octanol–water partition coefficient (Wildman–Crippen LogP) is 1.84. The molecule has 6 heteroatoms. The minimum Gasteiger partial charge on any atom is -0.484 e. The van der Waals surface area contributed by atoms with Gasteiger partial charge < -0.3 is 14.2 Å². The van der Waals surface area contributed by atoms with E-state index in [2.05, 4.69) is 5.32 Å². The zero-order valence-electron chi connectivity index (χ0n) is 10.7. The van der Waals surface area contributed by atoms with Gasteiger partial charge in [0.1, 0.15) is 0 Å². The first-order chi connectivity index (χ1) is 8.41. The van der Waals surface area contributed by atoms with E-state index in [1.54, 1.807) is 6.55 Å². The Morgan fingerprint density at radius 2 is 1.61 bits per heavy atom. The molecule has 1 aromatic carbocycles. The summed E-state index contributed by atoms with van der Waals surface area (Å²) in [7, 11) is -2.87. The van der Waals surface area contributed by atoms with Crippen LogP contribution in [0.5, 0.6) is 0 Å². The molecule has 18 heavy (non-hydrogen) atoms. The minimum absolute atomic E-state index is 0.316. The molecule has 0 heterocycles. The zero-order valence-corrected chi connectivity index (χ0v) is 11.7. The molecule has 0 saturated carbocycles. The van der Waals surface area contributed by atoms with Crippen LogP contribution in [0.1, 0.15) is 13.8 Å². The van der Waals surface area contributed by atoms with Crippen molar-refractivity contribution in [3.8, 4) is 0 Å². The number of carbonyl (C=O) groups excluding carboxylic acids is 2. The summed E-state index contributed by atoms with van der Waals surface area (Å²) in [6.07, 6.45) is 0.316. The first-order valence-corrected chi connectivity index (χ1v) is 8.12. The van der Waals surface area contributed by atoms with Crippen molar-refractivity contribution in [3.63, 3.8) is 0 Å². The third-order valence-corrected chi connectivity index (χ3v) is 4.36.